The van der Waals surface area contributed by atoms with Crippen LogP contribution in [0.2, 0.25) is 0 Å². The Hall–Kier alpha value is -2.04. The van der Waals surface area contributed by atoms with E-state index < -0.39 is 0 Å². The minimum Gasteiger partial charge on any atom is -0.496 e. The summed E-state index contributed by atoms with van der Waals surface area (Å²) in [6.45, 7) is 5.89. The Morgan fingerprint density at radius 1 is 1.33 bits per heavy atom. The predicted octanol–water partition coefficient (Wildman–Crippen LogP) is 1.96. The molecule has 0 aliphatic carbocycles. The Kier molecular flexibility index (Phi) is 6.72. The highest BCUT2D eigenvalue weighted by Crippen LogP contribution is 2.16. The zero-order chi connectivity index (χ0) is 15.8. The van der Waals surface area contributed by atoms with Crippen LogP contribution in [0.25, 0.3) is 0 Å². The number of hydrogen-bond donors (Lipinski definition) is 1. The Labute approximate surface area is 126 Å². The van der Waals surface area contributed by atoms with Crippen molar-refractivity contribution in [3.05, 3.63) is 29.8 Å². The van der Waals surface area contributed by atoms with Crippen molar-refractivity contribution in [2.24, 2.45) is 0 Å². The zero-order valence-corrected chi connectivity index (χ0v) is 13.2. The van der Waals surface area contributed by atoms with Crippen LogP contribution in [0.5, 0.6) is 5.75 Å². The van der Waals surface area contributed by atoms with Crippen LogP contribution in [0.15, 0.2) is 24.3 Å². The van der Waals surface area contributed by atoms with Crippen LogP contribution in [0.3, 0.4) is 0 Å². The van der Waals surface area contributed by atoms with Crippen molar-refractivity contribution < 1.29 is 14.3 Å². The van der Waals surface area contributed by atoms with E-state index in [1.165, 1.54) is 6.92 Å². The number of nitrogens with one attached hydrogen (secondary N) is 1. The fourth-order valence-corrected chi connectivity index (χ4v) is 2.05. The maximum Gasteiger partial charge on any atom is 0.239 e. The van der Waals surface area contributed by atoms with Crippen LogP contribution < -0.4 is 10.1 Å². The summed E-state index contributed by atoms with van der Waals surface area (Å²) < 4.78 is 5.24. The summed E-state index contributed by atoms with van der Waals surface area (Å²) in [5.74, 6) is 0.483. The van der Waals surface area contributed by atoms with Crippen molar-refractivity contribution in [1.29, 1.82) is 0 Å². The normalized spacial score (nSPS) is 11.6. The van der Waals surface area contributed by atoms with Crippen LogP contribution in [0.1, 0.15) is 32.8 Å². The summed E-state index contributed by atoms with van der Waals surface area (Å²) in [6, 6.07) is 7.58. The first kappa shape index (κ1) is 17.0. The fraction of sp³-hybridized carbons (Fsp3) is 0.500. The van der Waals surface area contributed by atoms with E-state index in [1.807, 2.05) is 38.1 Å². The van der Waals surface area contributed by atoms with Crippen LogP contribution in [0, 0.1) is 0 Å². The number of para-hydroxylation sites is 1. The Morgan fingerprint density at radius 3 is 2.57 bits per heavy atom. The van der Waals surface area contributed by atoms with Crippen molar-refractivity contribution in [3.8, 4) is 5.75 Å². The summed E-state index contributed by atoms with van der Waals surface area (Å²) in [5.41, 5.74) is 0.909. The van der Waals surface area contributed by atoms with E-state index >= 15 is 0 Å². The number of methoxy groups -OCH3 is 1. The monoisotopic (exact) mass is 292 g/mol. The molecule has 0 heterocycles. The van der Waals surface area contributed by atoms with E-state index in [-0.39, 0.29) is 24.4 Å². The van der Waals surface area contributed by atoms with Gasteiger partial charge in [-0.1, -0.05) is 25.1 Å². The van der Waals surface area contributed by atoms with Gasteiger partial charge in [0.2, 0.25) is 11.8 Å². The first-order chi connectivity index (χ1) is 9.99. The van der Waals surface area contributed by atoms with Gasteiger partial charge in [0.05, 0.1) is 13.7 Å². The lowest BCUT2D eigenvalue weighted by Crippen LogP contribution is -2.44. The quantitative estimate of drug-likeness (QED) is 0.835. The van der Waals surface area contributed by atoms with E-state index in [2.05, 4.69) is 5.32 Å². The number of rotatable bonds is 7. The molecule has 1 aromatic rings. The van der Waals surface area contributed by atoms with Crippen LogP contribution in [0.4, 0.5) is 0 Å². The topological polar surface area (TPSA) is 58.6 Å². The molecular formula is C16H24N2O3. The third kappa shape index (κ3) is 5.10. The molecule has 0 saturated carbocycles. The molecule has 0 aromatic heterocycles. The molecule has 2 amide bonds. The van der Waals surface area contributed by atoms with Crippen molar-refractivity contribution in [1.82, 2.24) is 10.2 Å². The predicted molar refractivity (Wildman–Crippen MR) is 82.0 cm³/mol. The van der Waals surface area contributed by atoms with E-state index in [0.717, 1.165) is 17.7 Å². The molecule has 21 heavy (non-hydrogen) atoms. The number of nitrogens with zero attached hydrogens (tertiary/aromatic N) is 1. The van der Waals surface area contributed by atoms with Gasteiger partial charge in [-0.25, -0.2) is 0 Å². The number of benzene rings is 1. The Bertz CT molecular complexity index is 488. The van der Waals surface area contributed by atoms with Crippen LogP contribution in [-0.4, -0.2) is 36.4 Å². The SMILES string of the molecule is CCC(C)N(CC(=O)NCc1ccccc1OC)C(C)=O. The molecule has 1 N–H and O–H groups in total. The molecule has 0 bridgehead atoms. The summed E-state index contributed by atoms with van der Waals surface area (Å²) >= 11 is 0. The zero-order valence-electron chi connectivity index (χ0n) is 13.2. The van der Waals surface area contributed by atoms with Gasteiger partial charge < -0.3 is 15.0 Å². The molecule has 5 nitrogen and oxygen atoms in total. The number of carbonyl (C=O) groups excluding carboxylic acids is 2. The molecule has 1 aromatic carbocycles. The van der Waals surface area contributed by atoms with E-state index in [9.17, 15) is 9.59 Å². The summed E-state index contributed by atoms with van der Waals surface area (Å²) in [6.07, 6.45) is 0.819. The molecule has 116 valence electrons. The van der Waals surface area contributed by atoms with Crippen molar-refractivity contribution in [2.75, 3.05) is 13.7 Å². The Balaban J connectivity index is 2.59. The highest BCUT2D eigenvalue weighted by atomic mass is 16.5. The van der Waals surface area contributed by atoms with Gasteiger partial charge in [-0.2, -0.15) is 0 Å². The van der Waals surface area contributed by atoms with Gasteiger partial charge >= 0.3 is 0 Å². The van der Waals surface area contributed by atoms with Gasteiger partial charge in [0.15, 0.2) is 0 Å². The molecule has 1 unspecified atom stereocenters. The number of ether oxygens (including phenoxy) is 1. The largest absolute Gasteiger partial charge is 0.496 e. The highest BCUT2D eigenvalue weighted by Gasteiger charge is 2.18. The standard InChI is InChI=1S/C16H24N2O3/c1-5-12(2)18(13(3)19)11-16(20)17-10-14-8-6-7-9-15(14)21-4/h6-9,12H,5,10-11H2,1-4H3,(H,17,20). The first-order valence-electron chi connectivity index (χ1n) is 7.15. The lowest BCUT2D eigenvalue weighted by Gasteiger charge is -2.26. The van der Waals surface area contributed by atoms with Crippen molar-refractivity contribution in [3.63, 3.8) is 0 Å². The molecule has 0 radical (unpaired) electrons. The van der Waals surface area contributed by atoms with Crippen LogP contribution >= 0.6 is 0 Å². The average Bonchev–Trinajstić information content (AvgIpc) is 2.49. The molecular weight excluding hydrogens is 268 g/mol. The first-order valence-corrected chi connectivity index (χ1v) is 7.15. The summed E-state index contributed by atoms with van der Waals surface area (Å²) in [5, 5.41) is 2.83. The van der Waals surface area contributed by atoms with Crippen molar-refractivity contribution in [2.45, 2.75) is 39.8 Å². The summed E-state index contributed by atoms with van der Waals surface area (Å²) in [4.78, 5) is 25.2. The molecule has 1 rings (SSSR count). The van der Waals surface area contributed by atoms with Gasteiger partial charge in [0, 0.05) is 25.1 Å². The van der Waals surface area contributed by atoms with E-state index in [1.54, 1.807) is 12.0 Å². The molecule has 0 aliphatic rings. The van der Waals surface area contributed by atoms with Gasteiger partial charge in [-0.3, -0.25) is 9.59 Å². The third-order valence-electron chi connectivity index (χ3n) is 3.51. The molecule has 0 fully saturated rings. The summed E-state index contributed by atoms with van der Waals surface area (Å²) in [7, 11) is 1.60. The lowest BCUT2D eigenvalue weighted by molar-refractivity contribution is -0.136. The number of amides is 2. The third-order valence-corrected chi connectivity index (χ3v) is 3.51. The van der Waals surface area contributed by atoms with Gasteiger partial charge in [0.25, 0.3) is 0 Å². The lowest BCUT2D eigenvalue weighted by atomic mass is 10.2. The second-order valence-corrected chi connectivity index (χ2v) is 4.99. The molecule has 5 heteroatoms. The molecule has 0 aliphatic heterocycles. The molecule has 1 atom stereocenters. The minimum atomic E-state index is -0.170. The van der Waals surface area contributed by atoms with Gasteiger partial charge in [-0.15, -0.1) is 0 Å². The maximum absolute atomic E-state index is 12.0. The number of hydrogen-bond acceptors (Lipinski definition) is 3. The van der Waals surface area contributed by atoms with E-state index in [0.29, 0.717) is 6.54 Å². The smallest absolute Gasteiger partial charge is 0.239 e. The van der Waals surface area contributed by atoms with Crippen molar-refractivity contribution >= 4 is 11.8 Å². The second kappa shape index (κ2) is 8.29. The molecule has 0 saturated heterocycles. The maximum atomic E-state index is 12.0. The highest BCUT2D eigenvalue weighted by molar-refractivity contribution is 5.83. The Morgan fingerprint density at radius 2 is 2.00 bits per heavy atom. The van der Waals surface area contributed by atoms with Gasteiger partial charge in [-0.05, 0) is 19.4 Å². The molecule has 0 spiro atoms. The van der Waals surface area contributed by atoms with Crippen LogP contribution in [-0.2, 0) is 16.1 Å². The minimum absolute atomic E-state index is 0.0551. The average molecular weight is 292 g/mol. The second-order valence-electron chi connectivity index (χ2n) is 4.99. The van der Waals surface area contributed by atoms with Gasteiger partial charge in [0.1, 0.15) is 5.75 Å². The van der Waals surface area contributed by atoms with E-state index in [4.69, 9.17) is 4.74 Å². The fourth-order valence-electron chi connectivity index (χ4n) is 2.05. The number of carbonyl (C=O) groups is 2.